The third kappa shape index (κ3) is 4.61. The average molecular weight is 533 g/mol. The number of hydrogen-bond donors (Lipinski definition) is 1. The molecule has 1 atom stereocenters. The van der Waals surface area contributed by atoms with Gasteiger partial charge in [0.05, 0.1) is 28.4 Å². The van der Waals surface area contributed by atoms with E-state index in [1.807, 2.05) is 32.9 Å². The van der Waals surface area contributed by atoms with Crippen LogP contribution in [-0.4, -0.2) is 28.4 Å². The Kier molecular flexibility index (Phi) is 6.75. The molecule has 4 aromatic rings. The van der Waals surface area contributed by atoms with Gasteiger partial charge in [0.25, 0.3) is 5.78 Å². The number of rotatable bonds is 6. The summed E-state index contributed by atoms with van der Waals surface area (Å²) in [6.07, 6.45) is 0.872. The molecule has 2 heterocycles. The molecular weight excluding hydrogens is 508 g/mol. The highest BCUT2D eigenvalue weighted by atomic mass is 35.5. The first kappa shape index (κ1) is 25.0. The zero-order valence-electron chi connectivity index (χ0n) is 20.6. The average Bonchev–Trinajstić information content (AvgIpc) is 3.42. The Morgan fingerprint density at radius 2 is 1.78 bits per heavy atom. The first-order valence-corrected chi connectivity index (χ1v) is 13.2. The van der Waals surface area contributed by atoms with Gasteiger partial charge in [-0.2, -0.15) is 0 Å². The number of amides is 1. The predicted molar refractivity (Wildman–Crippen MR) is 148 cm³/mol. The second kappa shape index (κ2) is 10.00. The summed E-state index contributed by atoms with van der Waals surface area (Å²) in [6, 6.07) is 16.9. The minimum atomic E-state index is -0.866. The number of ether oxygens (including phenoxy) is 1. The summed E-state index contributed by atoms with van der Waals surface area (Å²) < 4.78 is 6.55. The number of anilines is 1. The van der Waals surface area contributed by atoms with Crippen molar-refractivity contribution in [3.8, 4) is 5.75 Å². The van der Waals surface area contributed by atoms with Gasteiger partial charge in [0.15, 0.2) is 5.13 Å². The van der Waals surface area contributed by atoms with Gasteiger partial charge in [-0.1, -0.05) is 48.1 Å². The number of carbonyl (C=O) groups excluding carboxylic acids is 2. The third-order valence-corrected chi connectivity index (χ3v) is 7.51. The summed E-state index contributed by atoms with van der Waals surface area (Å²) in [4.78, 5) is 33.0. The van der Waals surface area contributed by atoms with Crippen molar-refractivity contribution in [2.45, 2.75) is 33.2 Å². The van der Waals surface area contributed by atoms with E-state index in [1.54, 1.807) is 48.5 Å². The van der Waals surface area contributed by atoms with Crippen LogP contribution in [0.4, 0.5) is 5.13 Å². The van der Waals surface area contributed by atoms with Crippen molar-refractivity contribution in [2.24, 2.45) is 0 Å². The second-order valence-electron chi connectivity index (χ2n) is 9.02. The molecule has 6 nitrogen and oxygen atoms in total. The Bertz CT molecular complexity index is 1540. The highest BCUT2D eigenvalue weighted by Crippen LogP contribution is 2.45. The highest BCUT2D eigenvalue weighted by Gasteiger charge is 2.48. The molecule has 1 amide bonds. The summed E-state index contributed by atoms with van der Waals surface area (Å²) >= 11 is 7.47. The lowest BCUT2D eigenvalue weighted by Crippen LogP contribution is -2.29. The molecule has 5 rings (SSSR count). The summed E-state index contributed by atoms with van der Waals surface area (Å²) in [7, 11) is 0. The molecule has 1 aliphatic heterocycles. The lowest BCUT2D eigenvalue weighted by Gasteiger charge is -2.23. The molecule has 8 heteroatoms. The molecule has 1 unspecified atom stereocenters. The van der Waals surface area contributed by atoms with E-state index in [0.717, 1.165) is 27.8 Å². The SMILES string of the molecule is CCCOc1ccc(/C(O)=C2\C(=O)C(=O)N(c3nc4c(C)cc(C)cc4s3)C2c2ccc(Cl)cc2)cc1. The number of halogens is 1. The van der Waals surface area contributed by atoms with Gasteiger partial charge in [0, 0.05) is 10.6 Å². The number of nitrogens with zero attached hydrogens (tertiary/aromatic N) is 2. The van der Waals surface area contributed by atoms with Crippen LogP contribution in [0, 0.1) is 13.8 Å². The van der Waals surface area contributed by atoms with Gasteiger partial charge in [0.2, 0.25) is 0 Å². The van der Waals surface area contributed by atoms with Crippen LogP contribution in [0.5, 0.6) is 5.75 Å². The molecule has 37 heavy (non-hydrogen) atoms. The molecular formula is C29H25ClN2O4S. The van der Waals surface area contributed by atoms with Crippen molar-refractivity contribution in [3.63, 3.8) is 0 Å². The minimum absolute atomic E-state index is 0.00158. The maximum atomic E-state index is 13.5. The number of benzene rings is 3. The number of carbonyl (C=O) groups is 2. The van der Waals surface area contributed by atoms with Crippen LogP contribution in [0.15, 0.2) is 66.2 Å². The van der Waals surface area contributed by atoms with Crippen LogP contribution < -0.4 is 9.64 Å². The van der Waals surface area contributed by atoms with E-state index in [4.69, 9.17) is 21.3 Å². The van der Waals surface area contributed by atoms with Crippen LogP contribution >= 0.6 is 22.9 Å². The molecule has 188 valence electrons. The number of aliphatic hydroxyl groups excluding tert-OH is 1. The quantitative estimate of drug-likeness (QED) is 0.164. The summed E-state index contributed by atoms with van der Waals surface area (Å²) in [6.45, 7) is 6.57. The van der Waals surface area contributed by atoms with E-state index in [9.17, 15) is 14.7 Å². The number of Topliss-reactive ketones (excluding diaryl/α,β-unsaturated/α-hetero) is 1. The number of aliphatic hydroxyl groups is 1. The van der Waals surface area contributed by atoms with Gasteiger partial charge in [0.1, 0.15) is 11.5 Å². The Labute approximate surface area is 223 Å². The number of hydrogen-bond acceptors (Lipinski definition) is 6. The Morgan fingerprint density at radius 3 is 2.46 bits per heavy atom. The molecule has 1 fully saturated rings. The van der Waals surface area contributed by atoms with Gasteiger partial charge >= 0.3 is 5.91 Å². The number of ketones is 1. The van der Waals surface area contributed by atoms with Crippen LogP contribution in [0.25, 0.3) is 16.0 Å². The molecule has 3 aromatic carbocycles. The van der Waals surface area contributed by atoms with Crippen molar-refractivity contribution in [2.75, 3.05) is 11.5 Å². The van der Waals surface area contributed by atoms with Gasteiger partial charge < -0.3 is 9.84 Å². The monoisotopic (exact) mass is 532 g/mol. The highest BCUT2D eigenvalue weighted by molar-refractivity contribution is 7.22. The number of aryl methyl sites for hydroxylation is 2. The molecule has 0 aliphatic carbocycles. The van der Waals surface area contributed by atoms with E-state index >= 15 is 0 Å². The molecule has 1 saturated heterocycles. The predicted octanol–water partition coefficient (Wildman–Crippen LogP) is 6.98. The maximum Gasteiger partial charge on any atom is 0.301 e. The summed E-state index contributed by atoms with van der Waals surface area (Å²) in [5.74, 6) is -1.10. The normalized spacial score (nSPS) is 17.1. The van der Waals surface area contributed by atoms with E-state index in [-0.39, 0.29) is 11.3 Å². The fourth-order valence-corrected chi connectivity index (χ4v) is 5.83. The maximum absolute atomic E-state index is 13.5. The lowest BCUT2D eigenvalue weighted by molar-refractivity contribution is -0.132. The van der Waals surface area contributed by atoms with Crippen LogP contribution in [0.3, 0.4) is 0 Å². The van der Waals surface area contributed by atoms with Crippen LogP contribution in [0.2, 0.25) is 5.02 Å². The summed E-state index contributed by atoms with van der Waals surface area (Å²) in [5.41, 5.74) is 3.91. The molecule has 0 spiro atoms. The zero-order valence-corrected chi connectivity index (χ0v) is 22.2. The van der Waals surface area contributed by atoms with Crippen LogP contribution in [0.1, 0.15) is 41.6 Å². The third-order valence-electron chi connectivity index (χ3n) is 6.26. The van der Waals surface area contributed by atoms with Crippen molar-refractivity contribution in [1.29, 1.82) is 0 Å². The second-order valence-corrected chi connectivity index (χ2v) is 10.5. The molecule has 0 bridgehead atoms. The standard InChI is InChI=1S/C29H25ClN2O4S/c1-4-13-36-21-11-7-19(8-12-21)26(33)23-25(18-5-9-20(30)10-6-18)32(28(35)27(23)34)29-31-24-17(3)14-16(2)15-22(24)37-29/h5-12,14-15,25,33H,4,13H2,1-3H3/b26-23+. The zero-order chi connectivity index (χ0) is 26.3. The smallest absolute Gasteiger partial charge is 0.301 e. The van der Waals surface area contributed by atoms with Gasteiger partial charge in [-0.3, -0.25) is 14.5 Å². The fourth-order valence-electron chi connectivity index (χ4n) is 4.54. The Hall–Kier alpha value is -3.68. The largest absolute Gasteiger partial charge is 0.507 e. The van der Waals surface area contributed by atoms with Gasteiger partial charge in [-0.05, 0) is 79.4 Å². The fraction of sp³-hybridized carbons (Fsp3) is 0.207. The lowest BCUT2D eigenvalue weighted by atomic mass is 9.95. The molecule has 1 N–H and O–H groups in total. The molecule has 1 aromatic heterocycles. The Balaban J connectivity index is 1.66. The number of fused-ring (bicyclic) bond motifs is 1. The number of thiazole rings is 1. The van der Waals surface area contributed by atoms with E-state index in [0.29, 0.717) is 33.6 Å². The first-order chi connectivity index (χ1) is 17.8. The van der Waals surface area contributed by atoms with Crippen molar-refractivity contribution in [1.82, 2.24) is 4.98 Å². The van der Waals surface area contributed by atoms with Crippen molar-refractivity contribution < 1.29 is 19.4 Å². The first-order valence-electron chi connectivity index (χ1n) is 12.0. The van der Waals surface area contributed by atoms with E-state index in [1.165, 1.54) is 16.2 Å². The molecule has 0 radical (unpaired) electrons. The summed E-state index contributed by atoms with van der Waals surface area (Å²) in [5, 5.41) is 12.3. The molecule has 0 saturated carbocycles. The Morgan fingerprint density at radius 1 is 1.08 bits per heavy atom. The van der Waals surface area contributed by atoms with Crippen molar-refractivity contribution in [3.05, 3.63) is 93.5 Å². The van der Waals surface area contributed by atoms with Crippen molar-refractivity contribution >= 4 is 55.7 Å². The van der Waals surface area contributed by atoms with Gasteiger partial charge in [-0.15, -0.1) is 0 Å². The van der Waals surface area contributed by atoms with Gasteiger partial charge in [-0.25, -0.2) is 4.98 Å². The number of aromatic nitrogens is 1. The topological polar surface area (TPSA) is 79.7 Å². The molecule has 1 aliphatic rings. The van der Waals surface area contributed by atoms with E-state index in [2.05, 4.69) is 0 Å². The van der Waals surface area contributed by atoms with Crippen LogP contribution in [-0.2, 0) is 9.59 Å². The minimum Gasteiger partial charge on any atom is -0.507 e. The van der Waals surface area contributed by atoms with E-state index < -0.39 is 17.7 Å².